The molecule has 0 amide bonds. The molecule has 1 aromatic heterocycles. The summed E-state index contributed by atoms with van der Waals surface area (Å²) < 4.78 is 15.8. The van der Waals surface area contributed by atoms with Gasteiger partial charge in [0, 0.05) is 0 Å². The summed E-state index contributed by atoms with van der Waals surface area (Å²) in [5.74, 6) is -0.710. The molecule has 7 nitrogen and oxygen atoms in total. The molecule has 2 rings (SSSR count). The van der Waals surface area contributed by atoms with Gasteiger partial charge in [-0.1, -0.05) is 11.8 Å². The van der Waals surface area contributed by atoms with Crippen molar-refractivity contribution in [3.8, 4) is 0 Å². The Morgan fingerprint density at radius 2 is 2.38 bits per heavy atom. The van der Waals surface area contributed by atoms with Gasteiger partial charge in [-0.25, -0.2) is 0 Å². The number of ether oxygens (including phenoxy) is 2. The number of carbonyl (C=O) groups is 1. The Balaban J connectivity index is 1.93. The lowest BCUT2D eigenvalue weighted by Gasteiger charge is -2.19. The maximum absolute atomic E-state index is 10.3. The van der Waals surface area contributed by atoms with Gasteiger partial charge in [0.1, 0.15) is 5.75 Å². The van der Waals surface area contributed by atoms with E-state index in [1.807, 2.05) is 0 Å². The maximum Gasteiger partial charge on any atom is 0.314 e. The zero-order valence-corrected chi connectivity index (χ0v) is 9.11. The van der Waals surface area contributed by atoms with Gasteiger partial charge in [0.2, 0.25) is 5.89 Å². The van der Waals surface area contributed by atoms with E-state index in [0.29, 0.717) is 25.7 Å². The van der Waals surface area contributed by atoms with Crippen LogP contribution in [0.1, 0.15) is 12.0 Å². The Morgan fingerprint density at radius 3 is 3.06 bits per heavy atom. The second-order valence-electron chi connectivity index (χ2n) is 3.02. The summed E-state index contributed by atoms with van der Waals surface area (Å²) in [6.07, 6.45) is -0.347. The lowest BCUT2D eigenvalue weighted by atomic mass is 10.3. The molecule has 1 aliphatic rings. The second kappa shape index (κ2) is 5.28. The molecule has 1 atom stereocenters. The largest absolute Gasteiger partial charge is 0.481 e. The summed E-state index contributed by atoms with van der Waals surface area (Å²) in [6.45, 7) is 1.43. The van der Waals surface area contributed by atoms with Crippen LogP contribution < -0.4 is 0 Å². The van der Waals surface area contributed by atoms with Crippen LogP contribution in [0.2, 0.25) is 0 Å². The highest BCUT2D eigenvalue weighted by Gasteiger charge is 2.22. The minimum atomic E-state index is -0.929. The van der Waals surface area contributed by atoms with E-state index >= 15 is 0 Å². The van der Waals surface area contributed by atoms with Gasteiger partial charge in [0.15, 0.2) is 6.10 Å². The second-order valence-corrected chi connectivity index (χ2v) is 3.95. The van der Waals surface area contributed by atoms with Crippen LogP contribution in [0.3, 0.4) is 0 Å². The van der Waals surface area contributed by atoms with Crippen molar-refractivity contribution in [2.24, 2.45) is 0 Å². The minimum Gasteiger partial charge on any atom is -0.481 e. The Hall–Kier alpha value is -1.12. The van der Waals surface area contributed by atoms with E-state index in [2.05, 4.69) is 10.2 Å². The molecule has 1 aliphatic heterocycles. The number of nitrogens with zero attached hydrogens (tertiary/aromatic N) is 2. The Labute approximate surface area is 95.1 Å². The zero-order chi connectivity index (χ0) is 11.4. The number of carboxylic acids is 1. The molecule has 0 radical (unpaired) electrons. The van der Waals surface area contributed by atoms with Crippen molar-refractivity contribution in [2.75, 3.05) is 25.6 Å². The predicted molar refractivity (Wildman–Crippen MR) is 52.2 cm³/mol. The normalized spacial score (nSPS) is 20.9. The first kappa shape index (κ1) is 11.4. The van der Waals surface area contributed by atoms with Gasteiger partial charge in [-0.15, -0.1) is 10.2 Å². The average Bonchev–Trinajstić information content (AvgIpc) is 2.76. The highest BCUT2D eigenvalue weighted by Crippen LogP contribution is 2.23. The molecule has 1 N–H and O–H groups in total. The number of aliphatic carboxylic acids is 1. The molecule has 0 bridgehead atoms. The number of thioether (sulfide) groups is 1. The van der Waals surface area contributed by atoms with Gasteiger partial charge in [-0.3, -0.25) is 4.79 Å². The molecular formula is C8H10N2O5S. The van der Waals surface area contributed by atoms with E-state index in [9.17, 15) is 4.79 Å². The van der Waals surface area contributed by atoms with E-state index in [4.69, 9.17) is 19.0 Å². The van der Waals surface area contributed by atoms with E-state index in [-0.39, 0.29) is 17.1 Å². The minimum absolute atomic E-state index is 0.107. The van der Waals surface area contributed by atoms with E-state index < -0.39 is 5.97 Å². The molecule has 1 unspecified atom stereocenters. The molecule has 0 saturated carbocycles. The van der Waals surface area contributed by atoms with Crippen molar-refractivity contribution in [3.63, 3.8) is 0 Å². The average molecular weight is 246 g/mol. The highest BCUT2D eigenvalue weighted by atomic mass is 32.2. The maximum atomic E-state index is 10.3. The Morgan fingerprint density at radius 1 is 1.50 bits per heavy atom. The third kappa shape index (κ3) is 2.94. The van der Waals surface area contributed by atoms with Crippen LogP contribution in [0.15, 0.2) is 9.64 Å². The van der Waals surface area contributed by atoms with Crippen molar-refractivity contribution < 1.29 is 23.8 Å². The van der Waals surface area contributed by atoms with Crippen LogP contribution >= 0.6 is 11.8 Å². The molecule has 1 fully saturated rings. The van der Waals surface area contributed by atoms with Crippen molar-refractivity contribution in [1.29, 1.82) is 0 Å². The number of rotatable bonds is 4. The molecular weight excluding hydrogens is 236 g/mol. The van der Waals surface area contributed by atoms with Gasteiger partial charge in [0.25, 0.3) is 5.22 Å². The van der Waals surface area contributed by atoms with Gasteiger partial charge in [-0.05, 0) is 0 Å². The van der Waals surface area contributed by atoms with Crippen molar-refractivity contribution >= 4 is 17.7 Å². The summed E-state index contributed by atoms with van der Waals surface area (Å²) in [6, 6.07) is 0. The smallest absolute Gasteiger partial charge is 0.314 e. The van der Waals surface area contributed by atoms with E-state index in [1.165, 1.54) is 0 Å². The number of hydrogen-bond donors (Lipinski definition) is 1. The van der Waals surface area contributed by atoms with Crippen LogP contribution in [-0.2, 0) is 14.3 Å². The van der Waals surface area contributed by atoms with Gasteiger partial charge >= 0.3 is 5.97 Å². The SMILES string of the molecule is O=C(O)CSc1nnc(C2COCCO2)o1. The van der Waals surface area contributed by atoms with Gasteiger partial charge in [-0.2, -0.15) is 0 Å². The highest BCUT2D eigenvalue weighted by molar-refractivity contribution is 7.99. The monoisotopic (exact) mass is 246 g/mol. The predicted octanol–water partition coefficient (Wildman–Crippen LogP) is 0.334. The van der Waals surface area contributed by atoms with Crippen molar-refractivity contribution in [1.82, 2.24) is 10.2 Å². The molecule has 88 valence electrons. The van der Waals surface area contributed by atoms with Crippen molar-refractivity contribution in [3.05, 3.63) is 5.89 Å². The number of aromatic nitrogens is 2. The van der Waals surface area contributed by atoms with Gasteiger partial charge < -0.3 is 19.0 Å². The fraction of sp³-hybridized carbons (Fsp3) is 0.625. The van der Waals surface area contributed by atoms with Crippen LogP contribution in [0.25, 0.3) is 0 Å². The Kier molecular flexibility index (Phi) is 3.75. The van der Waals surface area contributed by atoms with Crippen LogP contribution in [0.5, 0.6) is 0 Å². The zero-order valence-electron chi connectivity index (χ0n) is 8.29. The summed E-state index contributed by atoms with van der Waals surface area (Å²) in [5, 5.41) is 16.2. The number of hydrogen-bond acceptors (Lipinski definition) is 7. The standard InChI is InChI=1S/C8H10N2O5S/c11-6(12)4-16-8-10-9-7(15-8)5-3-13-1-2-14-5/h5H,1-4H2,(H,11,12). The molecule has 0 aromatic carbocycles. The molecule has 16 heavy (non-hydrogen) atoms. The van der Waals surface area contributed by atoms with E-state index in [1.54, 1.807) is 0 Å². The lowest BCUT2D eigenvalue weighted by Crippen LogP contribution is -2.22. The first-order chi connectivity index (χ1) is 7.75. The summed E-state index contributed by atoms with van der Waals surface area (Å²) in [5.41, 5.74) is 0. The fourth-order valence-corrected chi connectivity index (χ4v) is 1.65. The first-order valence-electron chi connectivity index (χ1n) is 4.63. The van der Waals surface area contributed by atoms with Crippen molar-refractivity contribution in [2.45, 2.75) is 11.3 Å². The van der Waals surface area contributed by atoms with Crippen LogP contribution in [0.4, 0.5) is 0 Å². The molecule has 0 aliphatic carbocycles. The van der Waals surface area contributed by atoms with E-state index in [0.717, 1.165) is 11.8 Å². The quantitative estimate of drug-likeness (QED) is 0.759. The Bertz CT molecular complexity index is 363. The summed E-state index contributed by atoms with van der Waals surface area (Å²) >= 11 is 0.977. The fourth-order valence-electron chi connectivity index (χ4n) is 1.16. The van der Waals surface area contributed by atoms with Gasteiger partial charge in [0.05, 0.1) is 19.8 Å². The molecule has 2 heterocycles. The summed E-state index contributed by atoms with van der Waals surface area (Å²) in [7, 11) is 0. The number of carboxylic acid groups (broad SMARTS) is 1. The third-order valence-electron chi connectivity index (χ3n) is 1.83. The molecule has 8 heteroatoms. The summed E-state index contributed by atoms with van der Waals surface area (Å²) in [4.78, 5) is 10.3. The van der Waals surface area contributed by atoms with Crippen LogP contribution in [0, 0.1) is 0 Å². The van der Waals surface area contributed by atoms with Crippen LogP contribution in [-0.4, -0.2) is 46.8 Å². The molecule has 0 spiro atoms. The molecule has 1 aromatic rings. The first-order valence-corrected chi connectivity index (χ1v) is 5.61. The molecule has 1 saturated heterocycles. The lowest BCUT2D eigenvalue weighted by molar-refractivity contribution is -0.133. The topological polar surface area (TPSA) is 94.7 Å². The third-order valence-corrected chi connectivity index (χ3v) is 2.64.